The highest BCUT2D eigenvalue weighted by molar-refractivity contribution is 3.95. The first kappa shape index (κ1) is 24.3. The van der Waals surface area contributed by atoms with Gasteiger partial charge in [-0.25, -0.2) is 16.5 Å². The summed E-state index contributed by atoms with van der Waals surface area (Å²) in [5.74, 6) is 20.7. The van der Waals surface area contributed by atoms with Crippen molar-refractivity contribution in [2.45, 2.75) is 6.92 Å². The molecule has 2 aliphatic heterocycles. The Morgan fingerprint density at radius 2 is 1.79 bits per heavy atom. The summed E-state index contributed by atoms with van der Waals surface area (Å²) in [6.07, 6.45) is 0. The predicted octanol–water partition coefficient (Wildman–Crippen LogP) is -5.62. The quantitative estimate of drug-likeness (QED) is 0.103. The first-order valence-electron chi connectivity index (χ1n) is 7.12. The number of nitrogens with zero attached hydrogens (tertiary/aromatic N) is 7. The molecule has 0 aliphatic carbocycles. The van der Waals surface area contributed by atoms with E-state index in [-0.39, 0.29) is 22.7 Å². The molecule has 29 heavy (non-hydrogen) atoms. The van der Waals surface area contributed by atoms with Gasteiger partial charge in [0.05, 0.1) is 21.8 Å². The number of hydrogen-bond donors (Lipinski definition) is 8. The van der Waals surface area contributed by atoms with E-state index in [1.807, 2.05) is 0 Å². The van der Waals surface area contributed by atoms with Gasteiger partial charge in [-0.05, 0) is 6.92 Å². The summed E-state index contributed by atoms with van der Waals surface area (Å²) in [6, 6.07) is 0. The van der Waals surface area contributed by atoms with E-state index < -0.39 is 20.2 Å². The summed E-state index contributed by atoms with van der Waals surface area (Å²) in [5.41, 5.74) is 3.89. The van der Waals surface area contributed by atoms with Crippen LogP contribution in [0.2, 0.25) is 0 Å². The van der Waals surface area contributed by atoms with Crippen molar-refractivity contribution in [2.24, 2.45) is 23.4 Å². The van der Waals surface area contributed by atoms with Gasteiger partial charge in [0.15, 0.2) is 27.3 Å². The molecule has 2 aliphatic rings. The van der Waals surface area contributed by atoms with Crippen LogP contribution >= 0.6 is 0 Å². The molecule has 0 amide bonds. The number of hydrazine groups is 2. The molecule has 25 heteroatoms. The number of nitrogens with one attached hydrogen (secondary N) is 2. The Morgan fingerprint density at radius 1 is 1.10 bits per heavy atom. The van der Waals surface area contributed by atoms with E-state index >= 15 is 0 Å². The van der Waals surface area contributed by atoms with Crippen molar-refractivity contribution in [1.82, 2.24) is 27.1 Å². The van der Waals surface area contributed by atoms with Crippen molar-refractivity contribution in [3.05, 3.63) is 0 Å². The Morgan fingerprint density at radius 3 is 2.38 bits per heavy atom. The number of rotatable bonds is 7. The number of fused-ring (bicyclic) bond motifs is 2. The molecule has 172 valence electrons. The van der Waals surface area contributed by atoms with Gasteiger partial charge in [0, 0.05) is 16.9 Å². The third-order valence-electron chi connectivity index (χ3n) is 2.30. The van der Waals surface area contributed by atoms with Crippen LogP contribution in [0.1, 0.15) is 6.92 Å². The first-order chi connectivity index (χ1) is 13.4. The lowest BCUT2D eigenvalue weighted by molar-refractivity contribution is -1.72. The maximum absolute atomic E-state index is 9.91. The molecular formula is C4H23N13O12+4. The second-order valence-electron chi connectivity index (χ2n) is 4.63. The Bertz CT molecular complexity index is 542. The summed E-state index contributed by atoms with van der Waals surface area (Å²) in [6.45, 7) is 1.45. The van der Waals surface area contributed by atoms with Crippen LogP contribution in [0.3, 0.4) is 0 Å². The van der Waals surface area contributed by atoms with Crippen molar-refractivity contribution < 1.29 is 79.9 Å². The van der Waals surface area contributed by atoms with E-state index in [4.69, 9.17) is 57.8 Å². The highest BCUT2D eigenvalue weighted by atomic mass is 17.6. The smallest absolute Gasteiger partial charge is 0.246 e. The van der Waals surface area contributed by atoms with Gasteiger partial charge in [-0.2, -0.15) is 0 Å². The summed E-state index contributed by atoms with van der Waals surface area (Å²) in [7, 11) is 2.11. The van der Waals surface area contributed by atoms with Gasteiger partial charge >= 0.3 is 5.08 Å². The lowest BCUT2D eigenvalue weighted by Crippen LogP contribution is -2.78. The molecule has 2 fully saturated rings. The van der Waals surface area contributed by atoms with Crippen LogP contribution in [0.5, 0.6) is 0 Å². The fourth-order valence-corrected chi connectivity index (χ4v) is 1.54. The van der Waals surface area contributed by atoms with E-state index in [0.29, 0.717) is 0 Å². The van der Waals surface area contributed by atoms with E-state index in [1.54, 1.807) is 5.59 Å². The molecule has 2 rings (SSSR count). The molecule has 0 radical (unpaired) electrons. The summed E-state index contributed by atoms with van der Waals surface area (Å²) in [4.78, 5) is 46.5. The van der Waals surface area contributed by atoms with Crippen molar-refractivity contribution in [1.29, 1.82) is 0 Å². The second-order valence-corrected chi connectivity index (χ2v) is 4.63. The fourth-order valence-electron chi connectivity index (χ4n) is 1.54. The normalized spacial score (nSPS) is 42.2. The molecule has 0 saturated carbocycles. The minimum Gasteiger partial charge on any atom is -0.246 e. The van der Waals surface area contributed by atoms with Crippen molar-refractivity contribution in [3.8, 4) is 0 Å². The van der Waals surface area contributed by atoms with Crippen LogP contribution in [-0.2, 0) is 49.3 Å². The van der Waals surface area contributed by atoms with E-state index in [0.717, 1.165) is 14.1 Å². The Labute approximate surface area is 159 Å². The van der Waals surface area contributed by atoms with Crippen molar-refractivity contribution in [2.75, 3.05) is 20.7 Å². The largest absolute Gasteiger partial charge is 0.321 e. The van der Waals surface area contributed by atoms with Gasteiger partial charge in [0.2, 0.25) is 10.4 Å². The number of quaternary nitrogens is 4. The lowest BCUT2D eigenvalue weighted by atomic mass is 10.9. The summed E-state index contributed by atoms with van der Waals surface area (Å²) in [5, 5.41) is 12.9. The van der Waals surface area contributed by atoms with Gasteiger partial charge in [-0.3, -0.25) is 0 Å². The van der Waals surface area contributed by atoms with Gasteiger partial charge in [0.25, 0.3) is 10.2 Å². The first-order valence-corrected chi connectivity index (χ1v) is 7.12. The molecule has 12 N–H and O–H groups in total. The maximum atomic E-state index is 9.91. The molecule has 5 atom stereocenters. The number of hydroxylamine groups is 3. The highest BCUT2D eigenvalue weighted by Gasteiger charge is 2.69. The molecule has 2 saturated heterocycles. The third kappa shape index (κ3) is 6.75. The van der Waals surface area contributed by atoms with Gasteiger partial charge in [-0.1, -0.05) is 22.0 Å². The lowest BCUT2D eigenvalue weighted by Gasteiger charge is -2.35. The minimum absolute atomic E-state index is 0.0682. The fraction of sp³-hybridized carbons (Fsp3) is 1.00. The Balaban J connectivity index is 2.40. The molecule has 0 aromatic carbocycles. The molecule has 0 spiro atoms. The van der Waals surface area contributed by atoms with Crippen LogP contribution in [0.4, 0.5) is 0 Å². The molecule has 25 nitrogen and oxygen atoms in total. The standard InChI is InChI=1S/C4H23N13O12/c1-4-20-12-22-13-25-15(7,18)28-16(8,19)29-17(9-2,26-13)27-14(3,24-12)23-11(6)21-10-5/h9-10,18-19H,4-8H2,1-3H3/q+4. The predicted molar refractivity (Wildman–Crippen MR) is 66.4 cm³/mol. The number of nitrogens with two attached hydrogens (primary N) is 4. The van der Waals surface area contributed by atoms with E-state index in [9.17, 15) is 10.4 Å². The topological polar surface area (TPSA) is 271 Å². The second kappa shape index (κ2) is 9.01. The molecule has 0 aromatic heterocycles. The number of hydrogen-bond acceptors (Lipinski definition) is 21. The SMILES string of the molecule is CCON1ON2O[N+](N)(O)O[N+](N)(O)O[N+](NC)(O2)O[N+](C)(ON(N)ONN)O1. The zero-order valence-corrected chi connectivity index (χ0v) is 15.1. The maximum Gasteiger partial charge on any atom is 0.321 e. The van der Waals surface area contributed by atoms with Crippen LogP contribution in [0.25, 0.3) is 0 Å². The molecular weight excluding hydrogens is 422 g/mol. The van der Waals surface area contributed by atoms with Crippen molar-refractivity contribution in [3.63, 3.8) is 0 Å². The average molecular weight is 445 g/mol. The highest BCUT2D eigenvalue weighted by Crippen LogP contribution is 2.28. The van der Waals surface area contributed by atoms with E-state index in [2.05, 4.69) is 20.2 Å². The van der Waals surface area contributed by atoms with Crippen LogP contribution in [0.15, 0.2) is 0 Å². The average Bonchev–Trinajstić information content (AvgIpc) is 2.50. The minimum atomic E-state index is -2.51. The van der Waals surface area contributed by atoms with Gasteiger partial charge < -0.3 is 0 Å². The Hall–Kier alpha value is -1.00. The summed E-state index contributed by atoms with van der Waals surface area (Å²) >= 11 is 0. The van der Waals surface area contributed by atoms with E-state index in [1.165, 1.54) is 6.92 Å². The molecule has 5 unspecified atom stereocenters. The van der Waals surface area contributed by atoms with Crippen LogP contribution in [0, 0.1) is 0 Å². The van der Waals surface area contributed by atoms with Crippen LogP contribution in [-0.4, -0.2) is 67.5 Å². The molecule has 2 heterocycles. The molecule has 2 bridgehead atoms. The zero-order chi connectivity index (χ0) is 21.9. The third-order valence-corrected chi connectivity index (χ3v) is 2.30. The van der Waals surface area contributed by atoms with Gasteiger partial charge in [-0.15, -0.1) is 20.9 Å². The Kier molecular flexibility index (Phi) is 7.54. The molecule has 0 aromatic rings. The van der Waals surface area contributed by atoms with Gasteiger partial charge in [0.1, 0.15) is 0 Å². The van der Waals surface area contributed by atoms with Crippen LogP contribution < -0.4 is 34.4 Å². The van der Waals surface area contributed by atoms with Crippen molar-refractivity contribution >= 4 is 0 Å². The monoisotopic (exact) mass is 445 g/mol. The zero-order valence-electron chi connectivity index (χ0n) is 15.1. The summed E-state index contributed by atoms with van der Waals surface area (Å²) < 4.78 is 0.